The third kappa shape index (κ3) is 5.42. The van der Waals surface area contributed by atoms with Crippen LogP contribution >= 0.6 is 11.3 Å². The van der Waals surface area contributed by atoms with E-state index in [1.54, 1.807) is 11.0 Å². The number of aromatic nitrogens is 1. The SMILES string of the molecule is CC(=O)N(c1ccccc1)c1nc(C=CC(=O)NC(c2ccccc2)C(C)C)cs1. The lowest BCUT2D eigenvalue weighted by atomic mass is 9.96. The summed E-state index contributed by atoms with van der Waals surface area (Å²) in [7, 11) is 0. The Labute approximate surface area is 181 Å². The van der Waals surface area contributed by atoms with E-state index in [9.17, 15) is 9.59 Å². The summed E-state index contributed by atoms with van der Waals surface area (Å²) in [6.45, 7) is 5.66. The van der Waals surface area contributed by atoms with Gasteiger partial charge in [0, 0.05) is 18.4 Å². The van der Waals surface area contributed by atoms with Crippen molar-refractivity contribution in [3.05, 3.63) is 83.4 Å². The fraction of sp³-hybridized carbons (Fsp3) is 0.208. The van der Waals surface area contributed by atoms with E-state index in [0.717, 1.165) is 11.3 Å². The zero-order chi connectivity index (χ0) is 21.5. The Balaban J connectivity index is 1.71. The summed E-state index contributed by atoms with van der Waals surface area (Å²) in [6.07, 6.45) is 3.15. The number of carbonyl (C=O) groups is 2. The summed E-state index contributed by atoms with van der Waals surface area (Å²) in [5.41, 5.74) is 2.47. The maximum atomic E-state index is 12.5. The van der Waals surface area contributed by atoms with Crippen molar-refractivity contribution in [3.63, 3.8) is 0 Å². The summed E-state index contributed by atoms with van der Waals surface area (Å²) in [4.78, 5) is 30.7. The minimum Gasteiger partial charge on any atom is -0.345 e. The van der Waals surface area contributed by atoms with E-state index in [-0.39, 0.29) is 23.8 Å². The molecule has 1 aromatic heterocycles. The van der Waals surface area contributed by atoms with Gasteiger partial charge in [0.25, 0.3) is 0 Å². The molecule has 0 aliphatic carbocycles. The number of benzene rings is 2. The smallest absolute Gasteiger partial charge is 0.244 e. The Kier molecular flexibility index (Phi) is 7.14. The van der Waals surface area contributed by atoms with Crippen molar-refractivity contribution in [2.24, 2.45) is 5.92 Å². The van der Waals surface area contributed by atoms with Gasteiger partial charge < -0.3 is 5.32 Å². The third-order valence-corrected chi connectivity index (χ3v) is 5.40. The Morgan fingerprint density at radius 1 is 1.03 bits per heavy atom. The monoisotopic (exact) mass is 419 g/mol. The number of para-hydroxylation sites is 1. The van der Waals surface area contributed by atoms with E-state index in [2.05, 4.69) is 24.1 Å². The number of rotatable bonds is 7. The molecule has 0 fully saturated rings. The predicted octanol–water partition coefficient (Wildman–Crippen LogP) is 5.35. The molecule has 30 heavy (non-hydrogen) atoms. The van der Waals surface area contributed by atoms with Gasteiger partial charge in [0.2, 0.25) is 11.8 Å². The molecule has 2 aromatic carbocycles. The summed E-state index contributed by atoms with van der Waals surface area (Å²) in [6, 6.07) is 19.2. The highest BCUT2D eigenvalue weighted by atomic mass is 32.1. The molecule has 3 aromatic rings. The van der Waals surface area contributed by atoms with Crippen LogP contribution in [0.4, 0.5) is 10.8 Å². The number of thiazole rings is 1. The van der Waals surface area contributed by atoms with Crippen molar-refractivity contribution < 1.29 is 9.59 Å². The lowest BCUT2D eigenvalue weighted by molar-refractivity contribution is -0.117. The van der Waals surface area contributed by atoms with Gasteiger partial charge in [-0.25, -0.2) is 4.98 Å². The summed E-state index contributed by atoms with van der Waals surface area (Å²) in [5, 5.41) is 5.46. The number of hydrogen-bond acceptors (Lipinski definition) is 4. The van der Waals surface area contributed by atoms with Gasteiger partial charge in [0.15, 0.2) is 5.13 Å². The predicted molar refractivity (Wildman–Crippen MR) is 123 cm³/mol. The van der Waals surface area contributed by atoms with Crippen molar-refractivity contribution in [2.75, 3.05) is 4.90 Å². The number of amides is 2. The first kappa shape index (κ1) is 21.5. The zero-order valence-corrected chi connectivity index (χ0v) is 18.1. The molecule has 0 saturated carbocycles. The Morgan fingerprint density at radius 3 is 2.27 bits per heavy atom. The maximum Gasteiger partial charge on any atom is 0.244 e. The maximum absolute atomic E-state index is 12.5. The fourth-order valence-electron chi connectivity index (χ4n) is 3.12. The summed E-state index contributed by atoms with van der Waals surface area (Å²) in [5.74, 6) is -0.0457. The average molecular weight is 420 g/mol. The molecule has 0 spiro atoms. The van der Waals surface area contributed by atoms with Crippen molar-refractivity contribution in [1.29, 1.82) is 0 Å². The molecule has 3 rings (SSSR count). The van der Waals surface area contributed by atoms with Crippen LogP contribution in [0.25, 0.3) is 6.08 Å². The van der Waals surface area contributed by atoms with Crippen LogP contribution in [0.3, 0.4) is 0 Å². The van der Waals surface area contributed by atoms with Crippen LogP contribution in [-0.4, -0.2) is 16.8 Å². The van der Waals surface area contributed by atoms with Crippen molar-refractivity contribution in [1.82, 2.24) is 10.3 Å². The fourth-order valence-corrected chi connectivity index (χ4v) is 3.97. The van der Waals surface area contributed by atoms with Gasteiger partial charge in [0.05, 0.1) is 17.4 Å². The lowest BCUT2D eigenvalue weighted by Gasteiger charge is -2.22. The summed E-state index contributed by atoms with van der Waals surface area (Å²) >= 11 is 1.36. The van der Waals surface area contributed by atoms with E-state index in [1.165, 1.54) is 24.3 Å². The molecule has 0 aliphatic rings. The van der Waals surface area contributed by atoms with Gasteiger partial charge in [-0.3, -0.25) is 14.5 Å². The molecule has 1 unspecified atom stereocenters. The molecular formula is C24H25N3O2S. The van der Waals surface area contributed by atoms with Crippen molar-refractivity contribution in [3.8, 4) is 0 Å². The number of carbonyl (C=O) groups excluding carboxylic acids is 2. The van der Waals surface area contributed by atoms with Crippen LogP contribution in [0.5, 0.6) is 0 Å². The minimum atomic E-state index is -0.182. The molecule has 1 heterocycles. The minimum absolute atomic E-state index is 0.0689. The van der Waals surface area contributed by atoms with Crippen LogP contribution in [0.1, 0.15) is 38.1 Å². The Bertz CT molecular complexity index is 1010. The average Bonchev–Trinajstić information content (AvgIpc) is 3.20. The van der Waals surface area contributed by atoms with E-state index < -0.39 is 0 Å². The quantitative estimate of drug-likeness (QED) is 0.525. The molecule has 0 saturated heterocycles. The van der Waals surface area contributed by atoms with Gasteiger partial charge in [-0.1, -0.05) is 62.4 Å². The number of anilines is 2. The Morgan fingerprint density at radius 2 is 1.67 bits per heavy atom. The molecule has 0 radical (unpaired) electrons. The molecular weight excluding hydrogens is 394 g/mol. The second-order valence-electron chi connectivity index (χ2n) is 7.22. The summed E-state index contributed by atoms with van der Waals surface area (Å²) < 4.78 is 0. The first-order valence-electron chi connectivity index (χ1n) is 9.80. The molecule has 154 valence electrons. The first-order valence-corrected chi connectivity index (χ1v) is 10.7. The van der Waals surface area contributed by atoms with Gasteiger partial charge in [0.1, 0.15) is 0 Å². The second-order valence-corrected chi connectivity index (χ2v) is 8.06. The number of nitrogens with one attached hydrogen (secondary N) is 1. The van der Waals surface area contributed by atoms with Crippen molar-refractivity contribution in [2.45, 2.75) is 26.8 Å². The van der Waals surface area contributed by atoms with E-state index in [0.29, 0.717) is 10.8 Å². The van der Waals surface area contributed by atoms with Gasteiger partial charge in [-0.15, -0.1) is 11.3 Å². The standard InChI is InChI=1S/C24H25N3O2S/c1-17(2)23(19-10-6-4-7-11-19)26-22(29)15-14-20-16-30-24(25-20)27(18(3)28)21-12-8-5-9-13-21/h4-17,23H,1-3H3,(H,26,29). The number of nitrogens with zero attached hydrogens (tertiary/aromatic N) is 2. The second kappa shape index (κ2) is 9.98. The molecule has 0 aliphatic heterocycles. The molecule has 6 heteroatoms. The lowest BCUT2D eigenvalue weighted by Crippen LogP contribution is -2.30. The highest BCUT2D eigenvalue weighted by Crippen LogP contribution is 2.29. The van der Waals surface area contributed by atoms with Gasteiger partial charge >= 0.3 is 0 Å². The highest BCUT2D eigenvalue weighted by molar-refractivity contribution is 7.14. The van der Waals surface area contributed by atoms with E-state index in [4.69, 9.17) is 0 Å². The molecule has 1 N–H and O–H groups in total. The van der Waals surface area contributed by atoms with Crippen LogP contribution in [0.2, 0.25) is 0 Å². The van der Waals surface area contributed by atoms with Crippen LogP contribution in [0, 0.1) is 5.92 Å². The van der Waals surface area contributed by atoms with E-state index >= 15 is 0 Å². The number of hydrogen-bond donors (Lipinski definition) is 1. The van der Waals surface area contributed by atoms with Crippen molar-refractivity contribution >= 4 is 40.0 Å². The Hall–Kier alpha value is -3.25. The topological polar surface area (TPSA) is 62.3 Å². The van der Waals surface area contributed by atoms with Crippen LogP contribution in [0.15, 0.2) is 72.1 Å². The zero-order valence-electron chi connectivity index (χ0n) is 17.3. The third-order valence-electron chi connectivity index (χ3n) is 4.56. The first-order chi connectivity index (χ1) is 14.5. The molecule has 5 nitrogen and oxygen atoms in total. The van der Waals surface area contributed by atoms with Crippen LogP contribution in [-0.2, 0) is 9.59 Å². The molecule has 0 bridgehead atoms. The normalized spacial score (nSPS) is 12.1. The largest absolute Gasteiger partial charge is 0.345 e. The molecule has 1 atom stereocenters. The highest BCUT2D eigenvalue weighted by Gasteiger charge is 2.18. The van der Waals surface area contributed by atoms with Crippen LogP contribution < -0.4 is 10.2 Å². The van der Waals surface area contributed by atoms with E-state index in [1.807, 2.05) is 66.0 Å². The van der Waals surface area contributed by atoms with Gasteiger partial charge in [-0.2, -0.15) is 0 Å². The van der Waals surface area contributed by atoms with Gasteiger partial charge in [-0.05, 0) is 29.7 Å². The molecule has 2 amide bonds.